The van der Waals surface area contributed by atoms with E-state index in [0.717, 1.165) is 0 Å². The van der Waals surface area contributed by atoms with Crippen LogP contribution < -0.4 is 14.9 Å². The summed E-state index contributed by atoms with van der Waals surface area (Å²) in [5.41, 5.74) is 2.67. The molecule has 0 spiro atoms. The average Bonchev–Trinajstić information content (AvgIpc) is 2.64. The maximum Gasteiger partial charge on any atom is 0.310 e. The summed E-state index contributed by atoms with van der Waals surface area (Å²) in [6, 6.07) is 10.4. The molecule has 2 rings (SSSR count). The normalized spacial score (nSPS) is 11.8. The number of ether oxygens (including phenoxy) is 2. The lowest BCUT2D eigenvalue weighted by molar-refractivity contribution is -0.386. The minimum Gasteiger partial charge on any atom is -0.504 e. The molecule has 0 saturated carbocycles. The second-order valence-corrected chi connectivity index (χ2v) is 5.38. The lowest BCUT2D eigenvalue weighted by Gasteiger charge is -2.12. The van der Waals surface area contributed by atoms with Gasteiger partial charge >= 0.3 is 5.69 Å². The zero-order valence-electron chi connectivity index (χ0n) is 14.8. The van der Waals surface area contributed by atoms with Crippen LogP contribution in [0.2, 0.25) is 0 Å². The van der Waals surface area contributed by atoms with Crippen LogP contribution in [0, 0.1) is 10.1 Å². The highest BCUT2D eigenvalue weighted by Crippen LogP contribution is 2.27. The number of rotatable bonds is 8. The number of nitrogens with zero attached hydrogens (tertiary/aromatic N) is 2. The quantitative estimate of drug-likeness (QED) is 0.416. The Balaban J connectivity index is 1.98. The van der Waals surface area contributed by atoms with Crippen LogP contribution in [0.15, 0.2) is 47.6 Å². The third-order valence-corrected chi connectivity index (χ3v) is 3.41. The first-order chi connectivity index (χ1) is 12.9. The number of nitro groups is 1. The zero-order chi connectivity index (χ0) is 19.8. The van der Waals surface area contributed by atoms with Gasteiger partial charge in [-0.3, -0.25) is 14.9 Å². The fraction of sp³-hybridized carbons (Fsp3) is 0.222. The summed E-state index contributed by atoms with van der Waals surface area (Å²) in [7, 11) is 0. The van der Waals surface area contributed by atoms with Crippen molar-refractivity contribution < 1.29 is 24.3 Å². The van der Waals surface area contributed by atoms with Crippen LogP contribution in [-0.2, 0) is 4.79 Å². The van der Waals surface area contributed by atoms with E-state index in [4.69, 9.17) is 9.47 Å². The molecule has 0 fully saturated rings. The van der Waals surface area contributed by atoms with Crippen LogP contribution in [0.25, 0.3) is 0 Å². The van der Waals surface area contributed by atoms with Crippen molar-refractivity contribution in [2.75, 3.05) is 6.61 Å². The summed E-state index contributed by atoms with van der Waals surface area (Å²) in [4.78, 5) is 22.4. The second kappa shape index (κ2) is 9.18. The zero-order valence-corrected chi connectivity index (χ0v) is 14.8. The fourth-order valence-corrected chi connectivity index (χ4v) is 2.10. The summed E-state index contributed by atoms with van der Waals surface area (Å²) in [5, 5.41) is 24.4. The molecule has 1 amide bonds. The number of nitrogens with one attached hydrogen (secondary N) is 1. The van der Waals surface area contributed by atoms with Gasteiger partial charge in [-0.15, -0.1) is 0 Å². The van der Waals surface area contributed by atoms with Gasteiger partial charge in [0.2, 0.25) is 0 Å². The summed E-state index contributed by atoms with van der Waals surface area (Å²) >= 11 is 0. The van der Waals surface area contributed by atoms with Gasteiger partial charge in [0, 0.05) is 6.07 Å². The molecule has 1 atom stereocenters. The SMILES string of the molecule is CCOc1cc(/C=N\NC(=O)[C@H](C)Oc2ccccc2[N+](=O)[O-])ccc1O. The van der Waals surface area contributed by atoms with Gasteiger partial charge in [-0.2, -0.15) is 5.10 Å². The number of aromatic hydroxyl groups is 1. The Morgan fingerprint density at radius 2 is 2.07 bits per heavy atom. The van der Waals surface area contributed by atoms with E-state index in [1.54, 1.807) is 25.1 Å². The number of benzene rings is 2. The number of hydrazone groups is 1. The molecule has 9 nitrogen and oxygen atoms in total. The van der Waals surface area contributed by atoms with Crippen molar-refractivity contribution in [2.45, 2.75) is 20.0 Å². The van der Waals surface area contributed by atoms with E-state index >= 15 is 0 Å². The number of hydrogen-bond acceptors (Lipinski definition) is 7. The number of amides is 1. The van der Waals surface area contributed by atoms with Crippen LogP contribution in [0.4, 0.5) is 5.69 Å². The third-order valence-electron chi connectivity index (χ3n) is 3.41. The van der Waals surface area contributed by atoms with Gasteiger partial charge in [-0.25, -0.2) is 5.43 Å². The minimum atomic E-state index is -0.998. The van der Waals surface area contributed by atoms with E-state index in [-0.39, 0.29) is 17.2 Å². The maximum absolute atomic E-state index is 12.1. The molecule has 9 heteroatoms. The number of hydrogen-bond donors (Lipinski definition) is 2. The predicted molar refractivity (Wildman–Crippen MR) is 98.2 cm³/mol. The van der Waals surface area contributed by atoms with Crippen LogP contribution >= 0.6 is 0 Å². The number of carbonyl (C=O) groups excluding carboxylic acids is 1. The van der Waals surface area contributed by atoms with Gasteiger partial charge in [0.15, 0.2) is 23.4 Å². The first-order valence-electron chi connectivity index (χ1n) is 8.11. The Bertz CT molecular complexity index is 853. The molecule has 0 aliphatic rings. The highest BCUT2D eigenvalue weighted by molar-refractivity contribution is 5.85. The monoisotopic (exact) mass is 373 g/mol. The highest BCUT2D eigenvalue weighted by Gasteiger charge is 2.20. The number of nitro benzene ring substituents is 1. The maximum atomic E-state index is 12.1. The van der Waals surface area contributed by atoms with E-state index in [1.165, 1.54) is 37.4 Å². The number of phenolic OH excluding ortho intramolecular Hbond substituents is 1. The van der Waals surface area contributed by atoms with Gasteiger partial charge in [-0.1, -0.05) is 12.1 Å². The van der Waals surface area contributed by atoms with Crippen molar-refractivity contribution in [3.8, 4) is 17.2 Å². The van der Waals surface area contributed by atoms with E-state index < -0.39 is 16.9 Å². The van der Waals surface area contributed by atoms with Crippen LogP contribution in [0.5, 0.6) is 17.2 Å². The largest absolute Gasteiger partial charge is 0.504 e. The standard InChI is InChI=1S/C18H19N3O6/c1-3-26-17-10-13(8-9-15(17)22)11-19-20-18(23)12(2)27-16-7-5-4-6-14(16)21(24)25/h4-12,22H,3H2,1-2H3,(H,20,23)/b19-11-/t12-/m0/s1. The lowest BCUT2D eigenvalue weighted by atomic mass is 10.2. The Kier molecular flexibility index (Phi) is 6.70. The molecule has 0 aliphatic heterocycles. The van der Waals surface area contributed by atoms with Gasteiger partial charge < -0.3 is 14.6 Å². The fourth-order valence-electron chi connectivity index (χ4n) is 2.10. The van der Waals surface area contributed by atoms with Crippen LogP contribution in [0.3, 0.4) is 0 Å². The van der Waals surface area contributed by atoms with Gasteiger partial charge in [0.1, 0.15) is 0 Å². The lowest BCUT2D eigenvalue weighted by Crippen LogP contribution is -2.33. The van der Waals surface area contributed by atoms with Crippen molar-refractivity contribution in [1.82, 2.24) is 5.43 Å². The van der Waals surface area contributed by atoms with Gasteiger partial charge in [0.05, 0.1) is 17.7 Å². The molecular weight excluding hydrogens is 354 g/mol. The number of para-hydroxylation sites is 2. The number of phenols is 1. The van der Waals surface area contributed by atoms with Crippen molar-refractivity contribution in [1.29, 1.82) is 0 Å². The molecule has 0 heterocycles. The first-order valence-corrected chi connectivity index (χ1v) is 8.11. The molecule has 0 aliphatic carbocycles. The Labute approximate surface area is 155 Å². The predicted octanol–water partition coefficient (Wildman–Crippen LogP) is 2.62. The third kappa shape index (κ3) is 5.43. The highest BCUT2D eigenvalue weighted by atomic mass is 16.6. The molecule has 142 valence electrons. The Hall–Kier alpha value is -3.62. The van der Waals surface area contributed by atoms with Crippen molar-refractivity contribution in [3.63, 3.8) is 0 Å². The van der Waals surface area contributed by atoms with Crippen molar-refractivity contribution in [2.24, 2.45) is 5.10 Å². The Morgan fingerprint density at radius 3 is 2.78 bits per heavy atom. The molecule has 0 saturated heterocycles. The Morgan fingerprint density at radius 1 is 1.33 bits per heavy atom. The summed E-state index contributed by atoms with van der Waals surface area (Å²) in [6.07, 6.45) is 0.374. The summed E-state index contributed by atoms with van der Waals surface area (Å²) in [6.45, 7) is 3.64. The van der Waals surface area contributed by atoms with Crippen LogP contribution in [0.1, 0.15) is 19.4 Å². The minimum absolute atomic E-state index is 0.00418. The molecule has 2 aromatic rings. The van der Waals surface area contributed by atoms with E-state index in [1.807, 2.05) is 0 Å². The molecule has 0 bridgehead atoms. The van der Waals surface area contributed by atoms with E-state index in [0.29, 0.717) is 17.9 Å². The van der Waals surface area contributed by atoms with Crippen molar-refractivity contribution in [3.05, 3.63) is 58.1 Å². The van der Waals surface area contributed by atoms with Gasteiger partial charge in [0.25, 0.3) is 5.91 Å². The molecule has 0 radical (unpaired) electrons. The van der Waals surface area contributed by atoms with Crippen molar-refractivity contribution >= 4 is 17.8 Å². The first kappa shape index (κ1) is 19.7. The molecule has 0 aromatic heterocycles. The second-order valence-electron chi connectivity index (χ2n) is 5.38. The van der Waals surface area contributed by atoms with E-state index in [2.05, 4.69) is 10.5 Å². The smallest absolute Gasteiger partial charge is 0.310 e. The topological polar surface area (TPSA) is 123 Å². The molecule has 2 aromatic carbocycles. The molecule has 27 heavy (non-hydrogen) atoms. The van der Waals surface area contributed by atoms with Gasteiger partial charge in [-0.05, 0) is 43.7 Å². The molecule has 0 unspecified atom stereocenters. The number of carbonyl (C=O) groups is 1. The summed E-state index contributed by atoms with van der Waals surface area (Å²) in [5.74, 6) is -0.271. The molecular formula is C18H19N3O6. The molecule has 2 N–H and O–H groups in total. The van der Waals surface area contributed by atoms with Crippen LogP contribution in [-0.4, -0.2) is 34.9 Å². The average molecular weight is 373 g/mol. The summed E-state index contributed by atoms with van der Waals surface area (Å²) < 4.78 is 10.6. The van der Waals surface area contributed by atoms with E-state index in [9.17, 15) is 20.0 Å².